The molecule has 1 saturated carbocycles. The zero-order chi connectivity index (χ0) is 22.1. The van der Waals surface area contributed by atoms with Gasteiger partial charge in [-0.15, -0.1) is 0 Å². The summed E-state index contributed by atoms with van der Waals surface area (Å²) >= 11 is 0. The number of hydrogen-bond acceptors (Lipinski definition) is 7. The van der Waals surface area contributed by atoms with Gasteiger partial charge >= 0.3 is 0 Å². The summed E-state index contributed by atoms with van der Waals surface area (Å²) in [7, 11) is 3.84. The minimum Gasteiger partial charge on any atom is -0.378 e. The van der Waals surface area contributed by atoms with Gasteiger partial charge in [0.25, 0.3) is 11.8 Å². The molecule has 0 spiro atoms. The van der Waals surface area contributed by atoms with E-state index in [1.54, 1.807) is 12.1 Å². The van der Waals surface area contributed by atoms with Crippen molar-refractivity contribution < 1.29 is 23.9 Å². The summed E-state index contributed by atoms with van der Waals surface area (Å²) in [4.78, 5) is 53.0. The number of rotatable bonds is 8. The van der Waals surface area contributed by atoms with Crippen molar-refractivity contribution in [1.29, 1.82) is 0 Å². The van der Waals surface area contributed by atoms with E-state index in [-0.39, 0.29) is 30.9 Å². The van der Waals surface area contributed by atoms with E-state index in [1.807, 2.05) is 25.1 Å². The normalized spacial score (nSPS) is 25.4. The van der Waals surface area contributed by atoms with Gasteiger partial charge in [0.2, 0.25) is 11.8 Å². The van der Waals surface area contributed by atoms with Gasteiger partial charge in [-0.05, 0) is 51.4 Å². The highest BCUT2D eigenvalue weighted by Gasteiger charge is 2.46. The van der Waals surface area contributed by atoms with Crippen molar-refractivity contribution in [1.82, 2.24) is 15.5 Å². The number of ether oxygens (including phenoxy) is 1. The van der Waals surface area contributed by atoms with Crippen LogP contribution >= 0.6 is 0 Å². The highest BCUT2D eigenvalue weighted by Crippen LogP contribution is 2.37. The highest BCUT2D eigenvalue weighted by atomic mass is 16.5. The van der Waals surface area contributed by atoms with E-state index in [0.29, 0.717) is 16.8 Å². The lowest BCUT2D eigenvalue weighted by Crippen LogP contribution is -2.54. The third-order valence-corrected chi connectivity index (χ3v) is 6.37. The second-order valence-corrected chi connectivity index (χ2v) is 8.33. The predicted octanol–water partition coefficient (Wildman–Crippen LogP) is 0.681. The lowest BCUT2D eigenvalue weighted by molar-refractivity contribution is -0.136. The maximum Gasteiger partial charge on any atom is 0.264 e. The molecule has 9 heteroatoms. The quantitative estimate of drug-likeness (QED) is 0.463. The molecule has 2 heterocycles. The van der Waals surface area contributed by atoms with Gasteiger partial charge in [0.1, 0.15) is 6.04 Å². The Morgan fingerprint density at radius 1 is 1.19 bits per heavy atom. The molecule has 166 valence electrons. The monoisotopic (exact) mass is 428 g/mol. The Morgan fingerprint density at radius 2 is 1.97 bits per heavy atom. The van der Waals surface area contributed by atoms with Crippen LogP contribution in [-0.4, -0.2) is 74.0 Å². The maximum atomic E-state index is 13.2. The number of hydrogen-bond donors (Lipinski definition) is 2. The molecule has 2 N–H and O–H groups in total. The molecule has 3 aliphatic rings. The van der Waals surface area contributed by atoms with Crippen LogP contribution in [0.5, 0.6) is 0 Å². The van der Waals surface area contributed by atoms with Gasteiger partial charge < -0.3 is 15.0 Å². The molecule has 9 nitrogen and oxygen atoms in total. The van der Waals surface area contributed by atoms with Gasteiger partial charge in [0.15, 0.2) is 0 Å². The molecule has 1 aliphatic carbocycles. The molecule has 1 saturated heterocycles. The van der Waals surface area contributed by atoms with Gasteiger partial charge in [0.05, 0.1) is 22.9 Å². The van der Waals surface area contributed by atoms with Gasteiger partial charge in [0, 0.05) is 26.1 Å². The molecular formula is C22H28N4O5. The number of amides is 4. The van der Waals surface area contributed by atoms with E-state index < -0.39 is 23.8 Å². The van der Waals surface area contributed by atoms with Crippen LogP contribution in [0.3, 0.4) is 0 Å². The molecule has 4 amide bonds. The highest BCUT2D eigenvalue weighted by molar-refractivity contribution is 6.25. The van der Waals surface area contributed by atoms with Crippen molar-refractivity contribution in [3.63, 3.8) is 0 Å². The number of nitrogens with zero attached hydrogens (tertiary/aromatic N) is 2. The van der Waals surface area contributed by atoms with Crippen molar-refractivity contribution in [2.24, 2.45) is 0 Å². The van der Waals surface area contributed by atoms with Gasteiger partial charge in [-0.3, -0.25) is 29.4 Å². The van der Waals surface area contributed by atoms with Crippen molar-refractivity contribution >= 4 is 29.3 Å². The first-order chi connectivity index (χ1) is 14.9. The minimum absolute atomic E-state index is 0.106. The minimum atomic E-state index is -0.956. The lowest BCUT2D eigenvalue weighted by Gasteiger charge is -2.42. The number of fused-ring (bicyclic) bond motifs is 1. The molecule has 0 aromatic heterocycles. The van der Waals surface area contributed by atoms with Crippen LogP contribution in [0.15, 0.2) is 18.2 Å². The number of carbonyl (C=O) groups excluding carboxylic acids is 4. The van der Waals surface area contributed by atoms with E-state index in [1.165, 1.54) is 0 Å². The first kappa shape index (κ1) is 21.5. The molecule has 1 aromatic carbocycles. The Labute approximate surface area is 181 Å². The standard InChI is InChI=1S/C22H28N4O5/c1-23-9-4-10-31-14-11-13(12-14)25(2)16-6-3-5-15-19(16)22(30)26(21(15)29)17-7-8-18(27)24-20(17)28/h3,5-6,13-14,17,23H,4,7-12H2,1-2H3,(H,24,27,28)/t13-,14-,17?. The average molecular weight is 428 g/mol. The molecule has 1 atom stereocenters. The number of imide groups is 2. The Bertz CT molecular complexity index is 911. The Morgan fingerprint density at radius 3 is 2.68 bits per heavy atom. The van der Waals surface area contributed by atoms with Crippen molar-refractivity contribution in [3.05, 3.63) is 29.3 Å². The number of anilines is 1. The molecule has 2 aliphatic heterocycles. The molecular weight excluding hydrogens is 400 g/mol. The third-order valence-electron chi connectivity index (χ3n) is 6.37. The smallest absolute Gasteiger partial charge is 0.264 e. The molecule has 1 aromatic rings. The SMILES string of the molecule is CNCCCO[C@H]1C[C@H](N(C)c2cccc3c2C(=O)N(C2CCC(=O)NC2=O)C3=O)C1. The number of benzene rings is 1. The van der Waals surface area contributed by atoms with Crippen LogP contribution in [0.2, 0.25) is 0 Å². The second kappa shape index (κ2) is 8.76. The van der Waals surface area contributed by atoms with Crippen molar-refractivity contribution in [2.45, 2.75) is 50.3 Å². The Balaban J connectivity index is 1.47. The van der Waals surface area contributed by atoms with Gasteiger partial charge in [-0.1, -0.05) is 6.07 Å². The fraction of sp³-hybridized carbons (Fsp3) is 0.545. The molecule has 0 radical (unpaired) electrons. The zero-order valence-corrected chi connectivity index (χ0v) is 17.8. The summed E-state index contributed by atoms with van der Waals surface area (Å²) in [5, 5.41) is 5.32. The van der Waals surface area contributed by atoms with E-state index in [9.17, 15) is 19.2 Å². The van der Waals surface area contributed by atoms with Crippen molar-refractivity contribution in [3.8, 4) is 0 Å². The van der Waals surface area contributed by atoms with Crippen LogP contribution in [0, 0.1) is 0 Å². The van der Waals surface area contributed by atoms with Gasteiger partial charge in [-0.25, -0.2) is 0 Å². The third kappa shape index (κ3) is 3.95. The van der Waals surface area contributed by atoms with E-state index in [0.717, 1.165) is 37.3 Å². The molecule has 4 rings (SSSR count). The second-order valence-electron chi connectivity index (χ2n) is 8.33. The van der Waals surface area contributed by atoms with E-state index >= 15 is 0 Å². The van der Waals surface area contributed by atoms with Crippen LogP contribution in [0.25, 0.3) is 0 Å². The summed E-state index contributed by atoms with van der Waals surface area (Å²) in [6.45, 7) is 1.64. The molecule has 0 bridgehead atoms. The number of piperidine rings is 1. The summed E-state index contributed by atoms with van der Waals surface area (Å²) in [5.74, 6) is -1.94. The number of carbonyl (C=O) groups is 4. The lowest BCUT2D eigenvalue weighted by atomic mass is 9.87. The largest absolute Gasteiger partial charge is 0.378 e. The summed E-state index contributed by atoms with van der Waals surface area (Å²) in [5.41, 5.74) is 1.32. The average Bonchev–Trinajstić information content (AvgIpc) is 2.97. The van der Waals surface area contributed by atoms with Crippen LogP contribution in [-0.2, 0) is 14.3 Å². The summed E-state index contributed by atoms with van der Waals surface area (Å²) < 4.78 is 5.88. The fourth-order valence-electron chi connectivity index (χ4n) is 4.48. The topological polar surface area (TPSA) is 108 Å². The summed E-state index contributed by atoms with van der Waals surface area (Å²) in [6.07, 6.45) is 3.15. The Hall–Kier alpha value is -2.78. The predicted molar refractivity (Wildman–Crippen MR) is 113 cm³/mol. The maximum absolute atomic E-state index is 13.2. The van der Waals surface area contributed by atoms with Crippen molar-refractivity contribution in [2.75, 3.05) is 32.1 Å². The molecule has 2 fully saturated rings. The van der Waals surface area contributed by atoms with E-state index in [2.05, 4.69) is 10.6 Å². The van der Waals surface area contributed by atoms with Gasteiger partial charge in [-0.2, -0.15) is 0 Å². The first-order valence-electron chi connectivity index (χ1n) is 10.8. The Kier molecular flexibility index (Phi) is 6.06. The van der Waals surface area contributed by atoms with Crippen LogP contribution in [0.4, 0.5) is 5.69 Å². The summed E-state index contributed by atoms with van der Waals surface area (Å²) in [6, 6.07) is 4.47. The van der Waals surface area contributed by atoms with Crippen LogP contribution < -0.4 is 15.5 Å². The molecule has 1 unspecified atom stereocenters. The zero-order valence-electron chi connectivity index (χ0n) is 17.8. The van der Waals surface area contributed by atoms with Crippen LogP contribution in [0.1, 0.15) is 52.8 Å². The fourth-order valence-corrected chi connectivity index (χ4v) is 4.48. The van der Waals surface area contributed by atoms with E-state index in [4.69, 9.17) is 4.74 Å². The molecule has 31 heavy (non-hydrogen) atoms. The first-order valence-corrected chi connectivity index (χ1v) is 10.8. The number of nitrogens with one attached hydrogen (secondary N) is 2.